The zero-order chi connectivity index (χ0) is 13.7. The van der Waals surface area contributed by atoms with Gasteiger partial charge in [-0.2, -0.15) is 0 Å². The van der Waals surface area contributed by atoms with E-state index in [4.69, 9.17) is 18.0 Å². The number of hydrogen-bond donors (Lipinski definition) is 2. The summed E-state index contributed by atoms with van der Waals surface area (Å²) in [5, 5.41) is 2.66. The lowest BCUT2D eigenvalue weighted by Crippen LogP contribution is -2.43. The molecule has 1 atom stereocenters. The molecule has 0 aliphatic heterocycles. The molecule has 3 N–H and O–H groups in total. The highest BCUT2D eigenvalue weighted by Crippen LogP contribution is 2.12. The molecule has 0 heterocycles. The summed E-state index contributed by atoms with van der Waals surface area (Å²) in [5.74, 6) is -0.990. The van der Waals surface area contributed by atoms with Crippen LogP contribution in [0.4, 0.5) is 4.39 Å². The summed E-state index contributed by atoms with van der Waals surface area (Å²) in [7, 11) is 0. The molecule has 5 heteroatoms. The van der Waals surface area contributed by atoms with Crippen molar-refractivity contribution in [3.05, 3.63) is 35.1 Å². The predicted molar refractivity (Wildman–Crippen MR) is 74.1 cm³/mol. The highest BCUT2D eigenvalue weighted by Gasteiger charge is 2.18. The van der Waals surface area contributed by atoms with Crippen LogP contribution in [0.1, 0.15) is 35.7 Å². The van der Waals surface area contributed by atoms with Gasteiger partial charge >= 0.3 is 0 Å². The fraction of sp³-hybridized carbons (Fsp3) is 0.385. The minimum absolute atomic E-state index is 0.0207. The normalized spacial score (nSPS) is 11.9. The van der Waals surface area contributed by atoms with E-state index in [0.717, 1.165) is 6.42 Å². The number of amides is 1. The Morgan fingerprint density at radius 2 is 2.22 bits per heavy atom. The third-order valence-electron chi connectivity index (χ3n) is 2.66. The van der Waals surface area contributed by atoms with Crippen LogP contribution in [-0.4, -0.2) is 16.9 Å². The van der Waals surface area contributed by atoms with E-state index in [9.17, 15) is 9.18 Å². The van der Waals surface area contributed by atoms with Crippen molar-refractivity contribution in [3.8, 4) is 0 Å². The number of nitrogens with two attached hydrogens (primary N) is 1. The number of benzene rings is 1. The Morgan fingerprint density at radius 1 is 1.56 bits per heavy atom. The summed E-state index contributed by atoms with van der Waals surface area (Å²) in [6, 6.07) is 4.31. The van der Waals surface area contributed by atoms with E-state index >= 15 is 0 Å². The summed E-state index contributed by atoms with van der Waals surface area (Å²) in [6.07, 6.45) is 1.48. The Labute approximate surface area is 112 Å². The molecule has 0 aromatic heterocycles. The molecule has 0 saturated carbocycles. The fourth-order valence-electron chi connectivity index (χ4n) is 1.63. The van der Waals surface area contributed by atoms with Gasteiger partial charge in [0.25, 0.3) is 5.91 Å². The molecule has 1 rings (SSSR count). The molecule has 18 heavy (non-hydrogen) atoms. The first-order valence-electron chi connectivity index (χ1n) is 5.82. The minimum atomic E-state index is -0.506. The number of nitrogens with one attached hydrogen (secondary N) is 1. The molecular formula is C13H17FN2OS. The van der Waals surface area contributed by atoms with Gasteiger partial charge in [-0.1, -0.05) is 37.7 Å². The topological polar surface area (TPSA) is 55.1 Å². The smallest absolute Gasteiger partial charge is 0.254 e. The highest BCUT2D eigenvalue weighted by molar-refractivity contribution is 7.80. The highest BCUT2D eigenvalue weighted by atomic mass is 32.1. The lowest BCUT2D eigenvalue weighted by molar-refractivity contribution is 0.0941. The second kappa shape index (κ2) is 6.44. The van der Waals surface area contributed by atoms with Crippen molar-refractivity contribution >= 4 is 23.1 Å². The van der Waals surface area contributed by atoms with Crippen LogP contribution in [0.3, 0.4) is 0 Å². The molecule has 0 aliphatic carbocycles. The first-order valence-corrected chi connectivity index (χ1v) is 6.23. The Morgan fingerprint density at radius 3 is 2.78 bits per heavy atom. The summed E-state index contributed by atoms with van der Waals surface area (Å²) < 4.78 is 13.8. The first-order chi connectivity index (χ1) is 8.47. The molecule has 1 aromatic rings. The van der Waals surface area contributed by atoms with E-state index in [1.807, 2.05) is 6.92 Å². The number of thiocarbonyl (C=S) groups is 1. The first kappa shape index (κ1) is 14.6. The second-order valence-electron chi connectivity index (χ2n) is 4.15. The van der Waals surface area contributed by atoms with Crippen molar-refractivity contribution in [3.63, 3.8) is 0 Å². The van der Waals surface area contributed by atoms with Gasteiger partial charge in [0, 0.05) is 0 Å². The van der Waals surface area contributed by atoms with Gasteiger partial charge in [-0.3, -0.25) is 4.79 Å². The van der Waals surface area contributed by atoms with E-state index in [0.29, 0.717) is 12.0 Å². The maximum atomic E-state index is 13.8. The van der Waals surface area contributed by atoms with Crippen LogP contribution >= 0.6 is 12.2 Å². The lowest BCUT2D eigenvalue weighted by Gasteiger charge is -2.17. The second-order valence-corrected chi connectivity index (χ2v) is 4.62. The average Bonchev–Trinajstić information content (AvgIpc) is 2.31. The molecule has 0 spiro atoms. The minimum Gasteiger partial charge on any atom is -0.392 e. The van der Waals surface area contributed by atoms with Crippen LogP contribution in [0.5, 0.6) is 0 Å². The van der Waals surface area contributed by atoms with Gasteiger partial charge in [-0.25, -0.2) is 4.39 Å². The van der Waals surface area contributed by atoms with Gasteiger partial charge in [0.15, 0.2) is 0 Å². The zero-order valence-electron chi connectivity index (χ0n) is 10.5. The van der Waals surface area contributed by atoms with Crippen LogP contribution in [0, 0.1) is 12.7 Å². The van der Waals surface area contributed by atoms with E-state index in [2.05, 4.69) is 5.32 Å². The molecule has 0 aliphatic rings. The molecule has 0 saturated heterocycles. The fourth-order valence-corrected chi connectivity index (χ4v) is 1.81. The van der Waals surface area contributed by atoms with E-state index < -0.39 is 17.8 Å². The monoisotopic (exact) mass is 268 g/mol. The molecule has 1 aromatic carbocycles. The molecule has 1 amide bonds. The average molecular weight is 268 g/mol. The van der Waals surface area contributed by atoms with Crippen LogP contribution in [-0.2, 0) is 0 Å². The number of carbonyl (C=O) groups excluding carboxylic acids is 1. The Bertz CT molecular complexity index is 462. The molecule has 3 nitrogen and oxygen atoms in total. The molecule has 0 radical (unpaired) electrons. The standard InChI is InChI=1S/C13H17FN2OS/c1-3-5-10(12(15)18)16-13(17)9-7-4-6-8(2)11(9)14/h4,6-7,10H,3,5H2,1-2H3,(H2,15,18)(H,16,17). The van der Waals surface area contributed by atoms with Gasteiger partial charge in [0.1, 0.15) is 5.82 Å². The molecule has 98 valence electrons. The Hall–Kier alpha value is -1.49. The Kier molecular flexibility index (Phi) is 5.22. The molecule has 0 bridgehead atoms. The summed E-state index contributed by atoms with van der Waals surface area (Å²) in [5.41, 5.74) is 6.00. The maximum absolute atomic E-state index is 13.8. The van der Waals surface area contributed by atoms with Crippen LogP contribution in [0.25, 0.3) is 0 Å². The van der Waals surface area contributed by atoms with Gasteiger partial charge in [0.2, 0.25) is 0 Å². The molecular weight excluding hydrogens is 251 g/mol. The van der Waals surface area contributed by atoms with Crippen LogP contribution in [0.15, 0.2) is 18.2 Å². The van der Waals surface area contributed by atoms with E-state index in [-0.39, 0.29) is 10.6 Å². The number of hydrogen-bond acceptors (Lipinski definition) is 2. The predicted octanol–water partition coefficient (Wildman–Crippen LogP) is 2.32. The van der Waals surface area contributed by atoms with Crippen molar-refractivity contribution in [2.45, 2.75) is 32.7 Å². The largest absolute Gasteiger partial charge is 0.392 e. The van der Waals surface area contributed by atoms with Crippen molar-refractivity contribution in [2.75, 3.05) is 0 Å². The maximum Gasteiger partial charge on any atom is 0.254 e. The SMILES string of the molecule is CCCC(NC(=O)c1cccc(C)c1F)C(N)=S. The zero-order valence-corrected chi connectivity index (χ0v) is 11.3. The number of carbonyl (C=O) groups is 1. The van der Waals surface area contributed by atoms with Crippen molar-refractivity contribution in [2.24, 2.45) is 5.73 Å². The van der Waals surface area contributed by atoms with Crippen molar-refractivity contribution in [1.29, 1.82) is 0 Å². The van der Waals surface area contributed by atoms with Gasteiger partial charge < -0.3 is 11.1 Å². The van der Waals surface area contributed by atoms with Gasteiger partial charge in [-0.15, -0.1) is 0 Å². The van der Waals surface area contributed by atoms with E-state index in [1.54, 1.807) is 19.1 Å². The van der Waals surface area contributed by atoms with Gasteiger partial charge in [0.05, 0.1) is 16.6 Å². The number of rotatable bonds is 5. The van der Waals surface area contributed by atoms with Crippen LogP contribution in [0.2, 0.25) is 0 Å². The van der Waals surface area contributed by atoms with Crippen molar-refractivity contribution < 1.29 is 9.18 Å². The van der Waals surface area contributed by atoms with Crippen LogP contribution < -0.4 is 11.1 Å². The molecule has 1 unspecified atom stereocenters. The Balaban J connectivity index is 2.87. The van der Waals surface area contributed by atoms with Gasteiger partial charge in [-0.05, 0) is 25.0 Å². The third-order valence-corrected chi connectivity index (χ3v) is 2.95. The number of halogens is 1. The summed E-state index contributed by atoms with van der Waals surface area (Å²) in [4.78, 5) is 12.2. The summed E-state index contributed by atoms with van der Waals surface area (Å²) >= 11 is 4.88. The summed E-state index contributed by atoms with van der Waals surface area (Å²) in [6.45, 7) is 3.58. The van der Waals surface area contributed by atoms with Crippen molar-refractivity contribution in [1.82, 2.24) is 5.32 Å². The quantitative estimate of drug-likeness (QED) is 0.806. The number of aryl methyl sites for hydroxylation is 1. The molecule has 0 fully saturated rings. The van der Waals surface area contributed by atoms with E-state index in [1.165, 1.54) is 6.07 Å². The lowest BCUT2D eigenvalue weighted by atomic mass is 10.1. The third kappa shape index (κ3) is 3.50.